The number of nitrogens with zero attached hydrogens (tertiary/aromatic N) is 3. The molecule has 20 heavy (non-hydrogen) atoms. The number of amides is 1. The number of hydrogen-bond acceptors (Lipinski definition) is 4. The van der Waals surface area contributed by atoms with Gasteiger partial charge in [0, 0.05) is 28.9 Å². The summed E-state index contributed by atoms with van der Waals surface area (Å²) in [5.74, 6) is 0.727. The number of anilines is 1. The highest BCUT2D eigenvalue weighted by Crippen LogP contribution is 2.29. The normalized spacial score (nSPS) is 16.6. The third kappa shape index (κ3) is 2.47. The zero-order valence-electron chi connectivity index (χ0n) is 10.9. The van der Waals surface area contributed by atoms with E-state index >= 15 is 0 Å². The van der Waals surface area contributed by atoms with Gasteiger partial charge in [0.1, 0.15) is 12.1 Å². The van der Waals surface area contributed by atoms with E-state index < -0.39 is 0 Å². The van der Waals surface area contributed by atoms with Crippen molar-refractivity contribution in [2.75, 3.05) is 18.0 Å². The van der Waals surface area contributed by atoms with Crippen LogP contribution in [0.3, 0.4) is 0 Å². The summed E-state index contributed by atoms with van der Waals surface area (Å²) in [4.78, 5) is 22.1. The molecule has 6 heteroatoms. The van der Waals surface area contributed by atoms with Crippen molar-refractivity contribution in [2.45, 2.75) is 12.8 Å². The number of hydrogen-bond donors (Lipinski definition) is 1. The van der Waals surface area contributed by atoms with Crippen LogP contribution in [0.1, 0.15) is 12.8 Å². The zero-order chi connectivity index (χ0) is 14.1. The van der Waals surface area contributed by atoms with Crippen LogP contribution in [0.2, 0.25) is 0 Å². The summed E-state index contributed by atoms with van der Waals surface area (Å²) in [6, 6.07) is 5.98. The number of halogens is 1. The number of carbonyl (C=O) groups excluding carboxylic acids is 1. The fourth-order valence-electron chi connectivity index (χ4n) is 2.64. The second-order valence-electron chi connectivity index (χ2n) is 5.02. The maximum atomic E-state index is 11.2. The average Bonchev–Trinajstić information content (AvgIpc) is 2.46. The Labute approximate surface area is 125 Å². The molecule has 1 amide bonds. The zero-order valence-corrected chi connectivity index (χ0v) is 12.5. The highest BCUT2D eigenvalue weighted by molar-refractivity contribution is 9.10. The molecule has 0 bridgehead atoms. The van der Waals surface area contributed by atoms with Crippen molar-refractivity contribution in [1.82, 2.24) is 9.97 Å². The van der Waals surface area contributed by atoms with Gasteiger partial charge in [-0.2, -0.15) is 0 Å². The van der Waals surface area contributed by atoms with E-state index in [0.717, 1.165) is 47.1 Å². The van der Waals surface area contributed by atoms with Crippen LogP contribution in [0.5, 0.6) is 0 Å². The molecule has 5 nitrogen and oxygen atoms in total. The van der Waals surface area contributed by atoms with Crippen LogP contribution in [0.15, 0.2) is 29.0 Å². The Kier molecular flexibility index (Phi) is 3.56. The average molecular weight is 335 g/mol. The smallest absolute Gasteiger partial charge is 0.220 e. The summed E-state index contributed by atoms with van der Waals surface area (Å²) in [5.41, 5.74) is 6.30. The highest BCUT2D eigenvalue weighted by Gasteiger charge is 2.24. The van der Waals surface area contributed by atoms with Gasteiger partial charge >= 0.3 is 0 Å². The van der Waals surface area contributed by atoms with Crippen molar-refractivity contribution in [3.8, 4) is 0 Å². The number of piperidine rings is 1. The standard InChI is InChI=1S/C14H15BrN4O/c15-10-1-2-12-11(7-10)14(18-8-17-12)19-5-3-9(4-6-19)13(16)20/h1-2,7-9H,3-6H2,(H2,16,20). The minimum absolute atomic E-state index is 0.00825. The molecule has 0 spiro atoms. The van der Waals surface area contributed by atoms with Gasteiger partial charge in [0.25, 0.3) is 0 Å². The van der Waals surface area contributed by atoms with E-state index in [1.165, 1.54) is 0 Å². The number of benzene rings is 1. The van der Waals surface area contributed by atoms with Crippen molar-refractivity contribution in [2.24, 2.45) is 11.7 Å². The monoisotopic (exact) mass is 334 g/mol. The Morgan fingerprint density at radius 1 is 1.30 bits per heavy atom. The van der Waals surface area contributed by atoms with Gasteiger partial charge in [-0.15, -0.1) is 0 Å². The van der Waals surface area contributed by atoms with Crippen LogP contribution in [-0.2, 0) is 4.79 Å². The second kappa shape index (κ2) is 5.36. The lowest BCUT2D eigenvalue weighted by molar-refractivity contribution is -0.122. The largest absolute Gasteiger partial charge is 0.369 e. The first-order valence-corrected chi connectivity index (χ1v) is 7.39. The van der Waals surface area contributed by atoms with Crippen LogP contribution >= 0.6 is 15.9 Å². The molecular formula is C14H15BrN4O. The number of nitrogens with two attached hydrogens (primary N) is 1. The Hall–Kier alpha value is -1.69. The van der Waals surface area contributed by atoms with Crippen molar-refractivity contribution < 1.29 is 4.79 Å². The van der Waals surface area contributed by atoms with E-state index in [2.05, 4.69) is 30.8 Å². The summed E-state index contributed by atoms with van der Waals surface area (Å²) in [5, 5.41) is 1.03. The molecule has 1 fully saturated rings. The number of rotatable bonds is 2. The fraction of sp³-hybridized carbons (Fsp3) is 0.357. The van der Waals surface area contributed by atoms with E-state index in [4.69, 9.17) is 5.73 Å². The minimum Gasteiger partial charge on any atom is -0.369 e. The quantitative estimate of drug-likeness (QED) is 0.912. The van der Waals surface area contributed by atoms with Crippen molar-refractivity contribution in [3.05, 3.63) is 29.0 Å². The summed E-state index contributed by atoms with van der Waals surface area (Å²) in [7, 11) is 0. The van der Waals surface area contributed by atoms with Gasteiger partial charge in [-0.1, -0.05) is 15.9 Å². The maximum absolute atomic E-state index is 11.2. The topological polar surface area (TPSA) is 72.1 Å². The first kappa shape index (κ1) is 13.3. The Bertz CT molecular complexity index is 653. The first-order chi connectivity index (χ1) is 9.65. The summed E-state index contributed by atoms with van der Waals surface area (Å²) in [6.07, 6.45) is 3.16. The van der Waals surface area contributed by atoms with Crippen LogP contribution < -0.4 is 10.6 Å². The molecule has 1 aliphatic heterocycles. The van der Waals surface area contributed by atoms with Crippen LogP contribution in [0.25, 0.3) is 10.9 Å². The van der Waals surface area contributed by atoms with Crippen molar-refractivity contribution in [3.63, 3.8) is 0 Å². The summed E-state index contributed by atoms with van der Waals surface area (Å²) >= 11 is 3.48. The molecule has 2 heterocycles. The molecule has 1 aliphatic rings. The molecule has 2 aromatic rings. The maximum Gasteiger partial charge on any atom is 0.220 e. The second-order valence-corrected chi connectivity index (χ2v) is 5.94. The van der Waals surface area contributed by atoms with Crippen LogP contribution in [0, 0.1) is 5.92 Å². The minimum atomic E-state index is -0.194. The Balaban J connectivity index is 1.91. The molecule has 2 N–H and O–H groups in total. The lowest BCUT2D eigenvalue weighted by Crippen LogP contribution is -2.39. The highest BCUT2D eigenvalue weighted by atomic mass is 79.9. The Morgan fingerprint density at radius 2 is 2.05 bits per heavy atom. The number of primary amides is 1. The molecule has 0 saturated carbocycles. The predicted octanol–water partition coefficient (Wildman–Crippen LogP) is 2.09. The van der Waals surface area contributed by atoms with Gasteiger partial charge < -0.3 is 10.6 Å². The van der Waals surface area contributed by atoms with Gasteiger partial charge in [-0.25, -0.2) is 9.97 Å². The number of aromatic nitrogens is 2. The molecule has 1 aromatic heterocycles. The third-order valence-electron chi connectivity index (χ3n) is 3.77. The molecule has 0 aliphatic carbocycles. The lowest BCUT2D eigenvalue weighted by atomic mass is 9.96. The van der Waals surface area contributed by atoms with E-state index in [9.17, 15) is 4.79 Å². The first-order valence-electron chi connectivity index (χ1n) is 6.59. The lowest BCUT2D eigenvalue weighted by Gasteiger charge is -2.31. The molecule has 1 saturated heterocycles. The van der Waals surface area contributed by atoms with Crippen LogP contribution in [-0.4, -0.2) is 29.0 Å². The summed E-state index contributed by atoms with van der Waals surface area (Å²) < 4.78 is 1.01. The van der Waals surface area contributed by atoms with Gasteiger partial charge in [0.05, 0.1) is 5.52 Å². The third-order valence-corrected chi connectivity index (χ3v) is 4.27. The SMILES string of the molecule is NC(=O)C1CCN(c2ncnc3ccc(Br)cc23)CC1. The molecule has 3 rings (SSSR count). The molecule has 0 unspecified atom stereocenters. The summed E-state index contributed by atoms with van der Waals surface area (Å²) in [6.45, 7) is 1.60. The van der Waals surface area contributed by atoms with E-state index in [0.29, 0.717) is 0 Å². The van der Waals surface area contributed by atoms with Crippen molar-refractivity contribution in [1.29, 1.82) is 0 Å². The fourth-order valence-corrected chi connectivity index (χ4v) is 3.00. The van der Waals surface area contributed by atoms with Gasteiger partial charge in [0.2, 0.25) is 5.91 Å². The molecule has 104 valence electrons. The molecule has 0 radical (unpaired) electrons. The molecular weight excluding hydrogens is 320 g/mol. The Morgan fingerprint density at radius 3 is 2.75 bits per heavy atom. The van der Waals surface area contributed by atoms with Gasteiger partial charge in [0.15, 0.2) is 0 Å². The van der Waals surface area contributed by atoms with E-state index in [-0.39, 0.29) is 11.8 Å². The van der Waals surface area contributed by atoms with Gasteiger partial charge in [-0.3, -0.25) is 4.79 Å². The van der Waals surface area contributed by atoms with E-state index in [1.54, 1.807) is 6.33 Å². The van der Waals surface area contributed by atoms with Gasteiger partial charge in [-0.05, 0) is 31.0 Å². The molecule has 0 atom stereocenters. The van der Waals surface area contributed by atoms with Crippen molar-refractivity contribution >= 4 is 38.6 Å². The predicted molar refractivity (Wildman–Crippen MR) is 81.4 cm³/mol. The number of fused-ring (bicyclic) bond motifs is 1. The number of carbonyl (C=O) groups is 1. The van der Waals surface area contributed by atoms with Crippen LogP contribution in [0.4, 0.5) is 5.82 Å². The van der Waals surface area contributed by atoms with E-state index in [1.807, 2.05) is 18.2 Å². The molecule has 1 aromatic carbocycles.